The van der Waals surface area contributed by atoms with E-state index in [1.165, 1.54) is 18.5 Å². The van der Waals surface area contributed by atoms with Gasteiger partial charge in [0.1, 0.15) is 5.82 Å². The van der Waals surface area contributed by atoms with Crippen LogP contribution in [0.1, 0.15) is 35.2 Å². The van der Waals surface area contributed by atoms with Crippen molar-refractivity contribution in [2.45, 2.75) is 25.4 Å². The lowest BCUT2D eigenvalue weighted by atomic mass is 10.2. The fraction of sp³-hybridized carbons (Fsp3) is 0.421. The minimum atomic E-state index is -4.48. The van der Waals surface area contributed by atoms with Gasteiger partial charge in [-0.3, -0.25) is 9.78 Å². The van der Waals surface area contributed by atoms with Gasteiger partial charge in [-0.05, 0) is 31.4 Å². The molecular formula is C19H20ClF3N4O2. The first-order valence-corrected chi connectivity index (χ1v) is 9.57. The quantitative estimate of drug-likeness (QED) is 0.676. The largest absolute Gasteiger partial charge is 0.478 e. The zero-order valence-electron chi connectivity index (χ0n) is 15.5. The van der Waals surface area contributed by atoms with E-state index in [1.54, 1.807) is 0 Å². The smallest absolute Gasteiger partial charge is 0.416 e. The van der Waals surface area contributed by atoms with Gasteiger partial charge in [0.2, 0.25) is 5.88 Å². The van der Waals surface area contributed by atoms with Crippen LogP contribution in [0.25, 0.3) is 0 Å². The zero-order chi connectivity index (χ0) is 20.9. The van der Waals surface area contributed by atoms with Gasteiger partial charge in [0, 0.05) is 38.1 Å². The van der Waals surface area contributed by atoms with Crippen LogP contribution in [-0.2, 0) is 6.18 Å². The van der Waals surface area contributed by atoms with Crippen LogP contribution in [0.2, 0.25) is 5.02 Å². The Labute approximate surface area is 171 Å². The third-order valence-corrected chi connectivity index (χ3v) is 4.74. The van der Waals surface area contributed by atoms with E-state index in [4.69, 9.17) is 16.3 Å². The third-order valence-electron chi connectivity index (χ3n) is 4.41. The van der Waals surface area contributed by atoms with E-state index in [1.807, 2.05) is 4.90 Å². The van der Waals surface area contributed by atoms with E-state index in [-0.39, 0.29) is 41.3 Å². The molecule has 2 aromatic heterocycles. The molecule has 6 nitrogen and oxygen atoms in total. The Morgan fingerprint density at radius 3 is 2.72 bits per heavy atom. The summed E-state index contributed by atoms with van der Waals surface area (Å²) in [6, 6.07) is 3.46. The number of rotatable bonds is 7. The Morgan fingerprint density at radius 2 is 2.03 bits per heavy atom. The number of alkyl halides is 3. The number of nitrogens with one attached hydrogen (secondary N) is 1. The Balaban J connectivity index is 1.55. The van der Waals surface area contributed by atoms with Crippen LogP contribution < -0.4 is 15.0 Å². The van der Waals surface area contributed by atoms with Gasteiger partial charge >= 0.3 is 6.18 Å². The summed E-state index contributed by atoms with van der Waals surface area (Å²) in [5, 5.41) is 2.95. The number of halogens is 4. The standard InChI is InChI=1S/C19H20ClF3N4O2/c20-15-4-6-24-12-14(15)18(28)25-5-3-9-29-17-11-13(19(21,22)23)10-16(26-17)27-7-1-2-8-27/h4,6,10-12H,1-3,5,7-9H2,(H,25,28). The molecule has 10 heteroatoms. The van der Waals surface area contributed by atoms with Gasteiger partial charge in [-0.2, -0.15) is 18.2 Å². The first-order valence-electron chi connectivity index (χ1n) is 9.19. The van der Waals surface area contributed by atoms with Crippen LogP contribution in [0.5, 0.6) is 5.88 Å². The molecule has 3 rings (SSSR count). The summed E-state index contributed by atoms with van der Waals surface area (Å²) >= 11 is 5.93. The minimum absolute atomic E-state index is 0.0802. The third kappa shape index (κ3) is 5.72. The summed E-state index contributed by atoms with van der Waals surface area (Å²) in [7, 11) is 0. The lowest BCUT2D eigenvalue weighted by Gasteiger charge is -2.19. The molecule has 0 atom stereocenters. The summed E-state index contributed by atoms with van der Waals surface area (Å²) in [6.45, 7) is 1.73. The monoisotopic (exact) mass is 428 g/mol. The molecule has 1 saturated heterocycles. The molecule has 1 N–H and O–H groups in total. The van der Waals surface area contributed by atoms with Crippen molar-refractivity contribution >= 4 is 23.3 Å². The molecule has 0 bridgehead atoms. The number of nitrogens with zero attached hydrogens (tertiary/aromatic N) is 3. The maximum Gasteiger partial charge on any atom is 0.416 e. The number of pyridine rings is 2. The molecule has 0 aliphatic carbocycles. The van der Waals surface area contributed by atoms with Crippen LogP contribution in [-0.4, -0.2) is 42.1 Å². The molecule has 0 saturated carbocycles. The van der Waals surface area contributed by atoms with Gasteiger partial charge in [0.05, 0.1) is 22.8 Å². The van der Waals surface area contributed by atoms with Crippen molar-refractivity contribution in [3.63, 3.8) is 0 Å². The molecule has 1 aliphatic rings. The van der Waals surface area contributed by atoms with Crippen LogP contribution in [0.4, 0.5) is 19.0 Å². The summed E-state index contributed by atoms with van der Waals surface area (Å²) in [5.74, 6) is -0.188. The van der Waals surface area contributed by atoms with E-state index >= 15 is 0 Å². The second kappa shape index (κ2) is 9.30. The van der Waals surface area contributed by atoms with Crippen LogP contribution in [0, 0.1) is 0 Å². The number of amides is 1. The first-order chi connectivity index (χ1) is 13.8. The van der Waals surface area contributed by atoms with Gasteiger partial charge in [0.25, 0.3) is 5.91 Å². The van der Waals surface area contributed by atoms with Gasteiger partial charge in [-0.25, -0.2) is 0 Å². The minimum Gasteiger partial charge on any atom is -0.478 e. The lowest BCUT2D eigenvalue weighted by Crippen LogP contribution is -2.26. The Kier molecular flexibility index (Phi) is 6.79. The molecule has 0 spiro atoms. The summed E-state index contributed by atoms with van der Waals surface area (Å²) in [5.41, 5.74) is -0.534. The SMILES string of the molecule is O=C(NCCCOc1cc(C(F)(F)F)cc(N2CCCC2)n1)c1cnccc1Cl. The number of hydrogen-bond acceptors (Lipinski definition) is 5. The number of carbonyl (C=O) groups is 1. The molecule has 0 unspecified atom stereocenters. The topological polar surface area (TPSA) is 67.3 Å². The molecule has 3 heterocycles. The van der Waals surface area contributed by atoms with E-state index < -0.39 is 11.7 Å². The van der Waals surface area contributed by atoms with Crippen LogP contribution in [0.3, 0.4) is 0 Å². The van der Waals surface area contributed by atoms with Crippen LogP contribution >= 0.6 is 11.6 Å². The molecule has 1 aliphatic heterocycles. The molecule has 0 aromatic carbocycles. The van der Waals surface area contributed by atoms with Crippen molar-refractivity contribution in [1.29, 1.82) is 0 Å². The van der Waals surface area contributed by atoms with Crippen molar-refractivity contribution in [3.05, 3.63) is 46.7 Å². The molecule has 1 amide bonds. The average Bonchev–Trinajstić information content (AvgIpc) is 3.22. The van der Waals surface area contributed by atoms with Gasteiger partial charge < -0.3 is 15.0 Å². The molecule has 1 fully saturated rings. The highest BCUT2D eigenvalue weighted by molar-refractivity contribution is 6.33. The number of carbonyl (C=O) groups excluding carboxylic acids is 1. The summed E-state index contributed by atoms with van der Waals surface area (Å²) in [6.07, 6.45) is 0.600. The van der Waals surface area contributed by atoms with Crippen LogP contribution in [0.15, 0.2) is 30.6 Å². The van der Waals surface area contributed by atoms with E-state index in [0.29, 0.717) is 19.5 Å². The Bertz CT molecular complexity index is 858. The second-order valence-corrected chi connectivity index (χ2v) is 6.96. The first kappa shape index (κ1) is 21.2. The maximum atomic E-state index is 13.2. The molecule has 29 heavy (non-hydrogen) atoms. The predicted molar refractivity (Wildman–Crippen MR) is 102 cm³/mol. The highest BCUT2D eigenvalue weighted by atomic mass is 35.5. The lowest BCUT2D eigenvalue weighted by molar-refractivity contribution is -0.137. The zero-order valence-corrected chi connectivity index (χ0v) is 16.3. The van der Waals surface area contributed by atoms with Crippen molar-refractivity contribution < 1.29 is 22.7 Å². The van der Waals surface area contributed by atoms with Crippen molar-refractivity contribution in [1.82, 2.24) is 15.3 Å². The van der Waals surface area contributed by atoms with Crippen molar-refractivity contribution in [2.24, 2.45) is 0 Å². The van der Waals surface area contributed by atoms with E-state index in [9.17, 15) is 18.0 Å². The summed E-state index contributed by atoms with van der Waals surface area (Å²) in [4.78, 5) is 21.9. The van der Waals surface area contributed by atoms with Crippen molar-refractivity contribution in [3.8, 4) is 5.88 Å². The molecule has 0 radical (unpaired) electrons. The fourth-order valence-corrected chi connectivity index (χ4v) is 3.12. The Hall–Kier alpha value is -2.55. The molecule has 2 aromatic rings. The molecular weight excluding hydrogens is 409 g/mol. The predicted octanol–water partition coefficient (Wildman–Crippen LogP) is 3.95. The van der Waals surface area contributed by atoms with E-state index in [2.05, 4.69) is 15.3 Å². The number of ether oxygens (including phenoxy) is 1. The van der Waals surface area contributed by atoms with Gasteiger partial charge in [-0.1, -0.05) is 11.6 Å². The Morgan fingerprint density at radius 1 is 1.28 bits per heavy atom. The normalized spacial score (nSPS) is 14.1. The average molecular weight is 429 g/mol. The van der Waals surface area contributed by atoms with Gasteiger partial charge in [-0.15, -0.1) is 0 Å². The van der Waals surface area contributed by atoms with Crippen molar-refractivity contribution in [2.75, 3.05) is 31.1 Å². The summed E-state index contributed by atoms with van der Waals surface area (Å²) < 4.78 is 45.0. The highest BCUT2D eigenvalue weighted by Crippen LogP contribution is 2.34. The van der Waals surface area contributed by atoms with Gasteiger partial charge in [0.15, 0.2) is 0 Å². The second-order valence-electron chi connectivity index (χ2n) is 6.56. The maximum absolute atomic E-state index is 13.2. The van der Waals surface area contributed by atoms with E-state index in [0.717, 1.165) is 25.0 Å². The fourth-order valence-electron chi connectivity index (χ4n) is 2.93. The molecule has 156 valence electrons. The number of anilines is 1. The number of aromatic nitrogens is 2. The number of hydrogen-bond donors (Lipinski definition) is 1. The highest BCUT2D eigenvalue weighted by Gasteiger charge is 2.32.